The molecule has 1 saturated heterocycles. The van der Waals surface area contributed by atoms with Crippen LogP contribution in [0.2, 0.25) is 0 Å². The molecule has 0 aliphatic carbocycles. The third kappa shape index (κ3) is 2.85. The van der Waals surface area contributed by atoms with Gasteiger partial charge < -0.3 is 9.73 Å². The van der Waals surface area contributed by atoms with E-state index in [0.29, 0.717) is 16.6 Å². The van der Waals surface area contributed by atoms with Crippen molar-refractivity contribution in [2.45, 2.75) is 18.8 Å². The second kappa shape index (κ2) is 5.54. The predicted octanol–water partition coefficient (Wildman–Crippen LogP) is 2.46. The summed E-state index contributed by atoms with van der Waals surface area (Å²) in [7, 11) is 0. The summed E-state index contributed by atoms with van der Waals surface area (Å²) in [6, 6.07) is 1.64. The van der Waals surface area contributed by atoms with E-state index in [-0.39, 0.29) is 5.91 Å². The summed E-state index contributed by atoms with van der Waals surface area (Å²) in [5.74, 6) is 0.387. The zero-order valence-corrected chi connectivity index (χ0v) is 11.2. The van der Waals surface area contributed by atoms with Gasteiger partial charge in [0.1, 0.15) is 6.26 Å². The smallest absolute Gasteiger partial charge is 0.260 e. The third-order valence-corrected chi connectivity index (χ3v) is 4.34. The van der Waals surface area contributed by atoms with Crippen LogP contribution >= 0.6 is 11.3 Å². The number of hydrogen-bond donors (Lipinski definition) is 2. The molecule has 19 heavy (non-hydrogen) atoms. The molecule has 0 unspecified atom stereocenters. The second-order valence-corrected chi connectivity index (χ2v) is 5.62. The Balaban J connectivity index is 1.66. The number of aromatic nitrogens is 1. The molecule has 6 heteroatoms. The highest BCUT2D eigenvalue weighted by atomic mass is 32.1. The number of nitrogens with one attached hydrogen (secondary N) is 2. The normalized spacial score (nSPS) is 16.4. The highest BCUT2D eigenvalue weighted by molar-refractivity contribution is 7.15. The summed E-state index contributed by atoms with van der Waals surface area (Å²) < 4.78 is 4.89. The fourth-order valence-electron chi connectivity index (χ4n) is 2.20. The van der Waals surface area contributed by atoms with Crippen molar-refractivity contribution in [2.75, 3.05) is 18.4 Å². The molecule has 2 N–H and O–H groups in total. The lowest BCUT2D eigenvalue weighted by atomic mass is 9.97. The number of amides is 1. The molecular weight excluding hydrogens is 262 g/mol. The van der Waals surface area contributed by atoms with Crippen molar-refractivity contribution < 1.29 is 9.21 Å². The van der Waals surface area contributed by atoms with Crippen LogP contribution in [0.3, 0.4) is 0 Å². The lowest BCUT2D eigenvalue weighted by Gasteiger charge is -2.20. The van der Waals surface area contributed by atoms with E-state index >= 15 is 0 Å². The van der Waals surface area contributed by atoms with E-state index in [1.165, 1.54) is 17.4 Å². The SMILES string of the molecule is O=C(Nc1ncc(C2CCNCC2)s1)c1ccoc1. The van der Waals surface area contributed by atoms with E-state index < -0.39 is 0 Å². The first-order valence-corrected chi connectivity index (χ1v) is 7.14. The summed E-state index contributed by atoms with van der Waals surface area (Å²) in [5, 5.41) is 6.80. The Labute approximate surface area is 115 Å². The molecule has 0 atom stereocenters. The lowest BCUT2D eigenvalue weighted by Crippen LogP contribution is -2.26. The highest BCUT2D eigenvalue weighted by Crippen LogP contribution is 2.31. The summed E-state index contributed by atoms with van der Waals surface area (Å²) in [6.45, 7) is 2.11. The van der Waals surface area contributed by atoms with Gasteiger partial charge in [-0.25, -0.2) is 4.98 Å². The molecule has 1 fully saturated rings. The fourth-order valence-corrected chi connectivity index (χ4v) is 3.18. The third-order valence-electron chi connectivity index (χ3n) is 3.27. The van der Waals surface area contributed by atoms with Gasteiger partial charge in [-0.05, 0) is 37.9 Å². The van der Waals surface area contributed by atoms with E-state index in [9.17, 15) is 4.79 Å². The molecule has 3 heterocycles. The number of thiazole rings is 1. The Morgan fingerprint density at radius 2 is 2.32 bits per heavy atom. The average molecular weight is 277 g/mol. The number of hydrogen-bond acceptors (Lipinski definition) is 5. The van der Waals surface area contributed by atoms with Crippen molar-refractivity contribution in [3.05, 3.63) is 35.2 Å². The quantitative estimate of drug-likeness (QED) is 0.904. The molecule has 3 rings (SSSR count). The van der Waals surface area contributed by atoms with Crippen molar-refractivity contribution in [1.82, 2.24) is 10.3 Å². The Morgan fingerprint density at radius 3 is 3.05 bits per heavy atom. The standard InChI is InChI=1S/C13H15N3O2S/c17-12(10-3-6-18-8-10)16-13-15-7-11(19-13)9-1-4-14-5-2-9/h3,6-9,14H,1-2,4-5H2,(H,15,16,17). The number of rotatable bonds is 3. The maximum Gasteiger partial charge on any atom is 0.260 e. The molecule has 0 saturated carbocycles. The molecule has 0 radical (unpaired) electrons. The first-order valence-electron chi connectivity index (χ1n) is 6.33. The van der Waals surface area contributed by atoms with Crippen LogP contribution in [0.5, 0.6) is 0 Å². The number of carbonyl (C=O) groups is 1. The van der Waals surface area contributed by atoms with Gasteiger partial charge in [0, 0.05) is 11.1 Å². The van der Waals surface area contributed by atoms with Crippen LogP contribution < -0.4 is 10.6 Å². The molecule has 2 aromatic heterocycles. The Bertz CT molecular complexity index is 544. The maximum absolute atomic E-state index is 11.8. The first-order chi connectivity index (χ1) is 9.33. The molecule has 0 spiro atoms. The highest BCUT2D eigenvalue weighted by Gasteiger charge is 2.18. The number of furan rings is 1. The van der Waals surface area contributed by atoms with Crippen LogP contribution in [0.25, 0.3) is 0 Å². The van der Waals surface area contributed by atoms with Crippen molar-refractivity contribution in [3.8, 4) is 0 Å². The maximum atomic E-state index is 11.8. The van der Waals surface area contributed by atoms with Gasteiger partial charge in [-0.15, -0.1) is 11.3 Å². The van der Waals surface area contributed by atoms with Crippen molar-refractivity contribution in [3.63, 3.8) is 0 Å². The van der Waals surface area contributed by atoms with E-state index in [1.54, 1.807) is 17.4 Å². The van der Waals surface area contributed by atoms with Gasteiger partial charge in [0.05, 0.1) is 11.8 Å². The van der Waals surface area contributed by atoms with Crippen LogP contribution in [0.4, 0.5) is 5.13 Å². The second-order valence-electron chi connectivity index (χ2n) is 4.56. The van der Waals surface area contributed by atoms with Gasteiger partial charge in [-0.3, -0.25) is 10.1 Å². The predicted molar refractivity (Wildman–Crippen MR) is 73.6 cm³/mol. The van der Waals surface area contributed by atoms with Crippen LogP contribution in [0.1, 0.15) is 34.0 Å². The van der Waals surface area contributed by atoms with Crippen LogP contribution in [0.15, 0.2) is 29.2 Å². The van der Waals surface area contributed by atoms with Gasteiger partial charge in [0.25, 0.3) is 5.91 Å². The largest absolute Gasteiger partial charge is 0.472 e. The molecule has 5 nitrogen and oxygen atoms in total. The van der Waals surface area contributed by atoms with Crippen molar-refractivity contribution in [1.29, 1.82) is 0 Å². The number of anilines is 1. The minimum atomic E-state index is -0.181. The molecule has 2 aromatic rings. The van der Waals surface area contributed by atoms with Gasteiger partial charge in [-0.2, -0.15) is 0 Å². The van der Waals surface area contributed by atoms with Gasteiger partial charge >= 0.3 is 0 Å². The molecule has 0 aromatic carbocycles. The number of carbonyl (C=O) groups excluding carboxylic acids is 1. The molecule has 0 bridgehead atoms. The van der Waals surface area contributed by atoms with Crippen molar-refractivity contribution in [2.24, 2.45) is 0 Å². The Kier molecular flexibility index (Phi) is 3.61. The molecule has 1 aliphatic rings. The minimum absolute atomic E-state index is 0.181. The summed E-state index contributed by atoms with van der Waals surface area (Å²) >= 11 is 1.56. The van der Waals surface area contributed by atoms with Crippen LogP contribution in [-0.2, 0) is 0 Å². The monoisotopic (exact) mass is 277 g/mol. The first kappa shape index (κ1) is 12.4. The number of piperidine rings is 1. The molecule has 1 amide bonds. The summed E-state index contributed by atoms with van der Waals surface area (Å²) in [5.41, 5.74) is 0.513. The molecular formula is C13H15N3O2S. The lowest BCUT2D eigenvalue weighted by molar-refractivity contribution is 0.102. The summed E-state index contributed by atoms with van der Waals surface area (Å²) in [6.07, 6.45) is 7.06. The van der Waals surface area contributed by atoms with Gasteiger partial charge in [0.2, 0.25) is 0 Å². The number of nitrogens with zero attached hydrogens (tertiary/aromatic N) is 1. The van der Waals surface area contributed by atoms with Gasteiger partial charge in [0.15, 0.2) is 5.13 Å². The zero-order valence-electron chi connectivity index (χ0n) is 10.4. The zero-order chi connectivity index (χ0) is 13.1. The van der Waals surface area contributed by atoms with E-state index in [4.69, 9.17) is 4.42 Å². The van der Waals surface area contributed by atoms with E-state index in [0.717, 1.165) is 25.9 Å². The average Bonchev–Trinajstić information content (AvgIpc) is 3.11. The fraction of sp³-hybridized carbons (Fsp3) is 0.385. The Hall–Kier alpha value is -1.66. The van der Waals surface area contributed by atoms with Crippen LogP contribution in [-0.4, -0.2) is 24.0 Å². The Morgan fingerprint density at radius 1 is 1.47 bits per heavy atom. The van der Waals surface area contributed by atoms with E-state index in [2.05, 4.69) is 15.6 Å². The van der Waals surface area contributed by atoms with E-state index in [1.807, 2.05) is 6.20 Å². The van der Waals surface area contributed by atoms with Gasteiger partial charge in [-0.1, -0.05) is 0 Å². The summed E-state index contributed by atoms with van der Waals surface area (Å²) in [4.78, 5) is 17.4. The topological polar surface area (TPSA) is 67.2 Å². The minimum Gasteiger partial charge on any atom is -0.472 e. The molecule has 1 aliphatic heterocycles. The van der Waals surface area contributed by atoms with Crippen LogP contribution in [0, 0.1) is 0 Å². The van der Waals surface area contributed by atoms with Crippen molar-refractivity contribution >= 4 is 22.4 Å². The molecule has 100 valence electrons.